The number of piperidine rings is 1. The van der Waals surface area contributed by atoms with Gasteiger partial charge in [0.1, 0.15) is 11.3 Å². The first-order valence-electron chi connectivity index (χ1n) is 9.80. The Labute approximate surface area is 165 Å². The summed E-state index contributed by atoms with van der Waals surface area (Å²) in [6.45, 7) is 10.4. The van der Waals surface area contributed by atoms with Crippen LogP contribution in [-0.4, -0.2) is 28.1 Å². The number of carbonyl (C=O) groups excluding carboxylic acids is 1. The molecule has 3 rings (SSSR count). The zero-order chi connectivity index (χ0) is 20.7. The van der Waals surface area contributed by atoms with E-state index in [0.717, 1.165) is 23.8 Å². The van der Waals surface area contributed by atoms with E-state index in [0.29, 0.717) is 17.6 Å². The van der Waals surface area contributed by atoms with Crippen molar-refractivity contribution >= 4 is 16.9 Å². The number of hydrogen-bond donors (Lipinski definition) is 3. The van der Waals surface area contributed by atoms with Crippen molar-refractivity contribution in [2.75, 3.05) is 0 Å². The molecule has 0 unspecified atom stereocenters. The molecule has 0 bridgehead atoms. The van der Waals surface area contributed by atoms with Gasteiger partial charge in [0.15, 0.2) is 0 Å². The molecule has 2 heterocycles. The maximum absolute atomic E-state index is 12.5. The average Bonchev–Trinajstić information content (AvgIpc) is 2.50. The van der Waals surface area contributed by atoms with Crippen molar-refractivity contribution in [3.05, 3.63) is 39.7 Å². The van der Waals surface area contributed by atoms with E-state index in [2.05, 4.69) is 38.3 Å². The van der Waals surface area contributed by atoms with Crippen LogP contribution in [0.5, 0.6) is 5.75 Å². The standard InChI is InChI=1S/C22H30N2O4/c1-13-16-7-6-15(25)10-18(16)28-20(27)17(13)8-9-19(26)23-14-11-21(2,3)24-22(4,5)12-14/h6-7,10,14,24-25H,8-9,11-12H2,1-5H3,(H,23,26). The van der Waals surface area contributed by atoms with Crippen LogP contribution >= 0.6 is 0 Å². The number of aromatic hydroxyl groups is 1. The lowest BCUT2D eigenvalue weighted by molar-refractivity contribution is -0.122. The quantitative estimate of drug-likeness (QED) is 0.702. The zero-order valence-corrected chi connectivity index (χ0v) is 17.3. The minimum Gasteiger partial charge on any atom is -0.508 e. The molecule has 1 aliphatic heterocycles. The second kappa shape index (κ2) is 7.24. The van der Waals surface area contributed by atoms with Crippen molar-refractivity contribution in [1.82, 2.24) is 10.6 Å². The first kappa shape index (κ1) is 20.4. The summed E-state index contributed by atoms with van der Waals surface area (Å²) < 4.78 is 5.34. The number of phenolic OH excluding ortho intramolecular Hbond substituents is 1. The van der Waals surface area contributed by atoms with E-state index < -0.39 is 5.63 Å². The van der Waals surface area contributed by atoms with Gasteiger partial charge in [0.25, 0.3) is 0 Å². The third-order valence-corrected chi connectivity index (χ3v) is 5.43. The number of amides is 1. The number of benzene rings is 1. The molecule has 1 aromatic carbocycles. The van der Waals surface area contributed by atoms with Gasteiger partial charge in [-0.05, 0) is 71.6 Å². The molecule has 28 heavy (non-hydrogen) atoms. The van der Waals surface area contributed by atoms with Gasteiger partial charge in [-0.1, -0.05) is 0 Å². The topological polar surface area (TPSA) is 91.6 Å². The van der Waals surface area contributed by atoms with Gasteiger partial charge >= 0.3 is 5.63 Å². The lowest BCUT2D eigenvalue weighted by Crippen LogP contribution is -2.62. The Hall–Kier alpha value is -2.34. The first-order chi connectivity index (χ1) is 13.0. The second-order valence-corrected chi connectivity index (χ2v) is 9.24. The van der Waals surface area contributed by atoms with E-state index >= 15 is 0 Å². The third-order valence-electron chi connectivity index (χ3n) is 5.43. The highest BCUT2D eigenvalue weighted by molar-refractivity contribution is 5.82. The fraction of sp³-hybridized carbons (Fsp3) is 0.545. The summed E-state index contributed by atoms with van der Waals surface area (Å²) in [6, 6.07) is 4.83. The monoisotopic (exact) mass is 386 g/mol. The van der Waals surface area contributed by atoms with E-state index in [9.17, 15) is 14.7 Å². The Morgan fingerprint density at radius 2 is 1.89 bits per heavy atom. The molecule has 6 nitrogen and oxygen atoms in total. The molecule has 152 valence electrons. The van der Waals surface area contributed by atoms with Crippen LogP contribution in [0, 0.1) is 6.92 Å². The summed E-state index contributed by atoms with van der Waals surface area (Å²) in [6.07, 6.45) is 2.29. The van der Waals surface area contributed by atoms with Crippen LogP contribution in [0.25, 0.3) is 11.0 Å². The largest absolute Gasteiger partial charge is 0.508 e. The predicted octanol–water partition coefficient (Wildman–Crippen LogP) is 3.17. The molecule has 6 heteroatoms. The molecule has 1 saturated heterocycles. The maximum Gasteiger partial charge on any atom is 0.339 e. The van der Waals surface area contributed by atoms with Crippen LogP contribution < -0.4 is 16.3 Å². The molecule has 0 radical (unpaired) electrons. The SMILES string of the molecule is Cc1c(CCC(=O)NC2CC(C)(C)NC(C)(C)C2)c(=O)oc2cc(O)ccc12. The van der Waals surface area contributed by atoms with Gasteiger partial charge in [0.2, 0.25) is 5.91 Å². The van der Waals surface area contributed by atoms with Gasteiger partial charge in [-0.3, -0.25) is 4.79 Å². The lowest BCUT2D eigenvalue weighted by Gasteiger charge is -2.46. The molecule has 1 aliphatic rings. The Balaban J connectivity index is 1.70. The summed E-state index contributed by atoms with van der Waals surface area (Å²) in [5, 5.41) is 17.1. The van der Waals surface area contributed by atoms with Crippen molar-refractivity contribution in [2.45, 2.75) is 77.4 Å². The lowest BCUT2D eigenvalue weighted by atomic mass is 9.79. The molecule has 0 atom stereocenters. The smallest absolute Gasteiger partial charge is 0.339 e. The molecule has 3 N–H and O–H groups in total. The molecule has 2 aromatic rings. The predicted molar refractivity (Wildman–Crippen MR) is 110 cm³/mol. The van der Waals surface area contributed by atoms with Crippen LogP contribution in [0.2, 0.25) is 0 Å². The highest BCUT2D eigenvalue weighted by atomic mass is 16.4. The van der Waals surface area contributed by atoms with Crippen LogP contribution in [0.1, 0.15) is 58.1 Å². The Bertz CT molecular complexity index is 943. The van der Waals surface area contributed by atoms with Crippen molar-refractivity contribution in [3.63, 3.8) is 0 Å². The van der Waals surface area contributed by atoms with Gasteiger partial charge in [-0.15, -0.1) is 0 Å². The van der Waals surface area contributed by atoms with Gasteiger partial charge in [0.05, 0.1) is 0 Å². The Morgan fingerprint density at radius 3 is 2.54 bits per heavy atom. The summed E-state index contributed by atoms with van der Waals surface area (Å²) in [7, 11) is 0. The van der Waals surface area contributed by atoms with Crippen LogP contribution in [0.3, 0.4) is 0 Å². The third kappa shape index (κ3) is 4.55. The number of aryl methyl sites for hydroxylation is 1. The summed E-state index contributed by atoms with van der Waals surface area (Å²) in [5.41, 5.74) is 1.13. The van der Waals surface area contributed by atoms with Gasteiger partial charge in [-0.25, -0.2) is 4.79 Å². The molecule has 0 spiro atoms. The van der Waals surface area contributed by atoms with E-state index in [-0.39, 0.29) is 35.2 Å². The molecule has 1 fully saturated rings. The Kier molecular flexibility index (Phi) is 5.28. The fourth-order valence-electron chi connectivity index (χ4n) is 4.63. The molecular formula is C22H30N2O4. The number of phenols is 1. The van der Waals surface area contributed by atoms with Gasteiger partial charge in [0, 0.05) is 40.6 Å². The highest BCUT2D eigenvalue weighted by Crippen LogP contribution is 2.28. The average molecular weight is 386 g/mol. The highest BCUT2D eigenvalue weighted by Gasteiger charge is 2.38. The summed E-state index contributed by atoms with van der Waals surface area (Å²) >= 11 is 0. The number of hydrogen-bond acceptors (Lipinski definition) is 5. The summed E-state index contributed by atoms with van der Waals surface area (Å²) in [4.78, 5) is 24.9. The molecule has 1 amide bonds. The first-order valence-corrected chi connectivity index (χ1v) is 9.80. The number of nitrogens with one attached hydrogen (secondary N) is 2. The van der Waals surface area contributed by atoms with Crippen molar-refractivity contribution in [1.29, 1.82) is 0 Å². The fourth-order valence-corrected chi connectivity index (χ4v) is 4.63. The van der Waals surface area contributed by atoms with Gasteiger partial charge < -0.3 is 20.2 Å². The minimum absolute atomic E-state index is 0.0404. The Morgan fingerprint density at radius 1 is 1.25 bits per heavy atom. The van der Waals surface area contributed by atoms with Crippen LogP contribution in [0.15, 0.2) is 27.4 Å². The zero-order valence-electron chi connectivity index (χ0n) is 17.3. The van der Waals surface area contributed by atoms with Crippen LogP contribution in [-0.2, 0) is 11.2 Å². The minimum atomic E-state index is -0.451. The second-order valence-electron chi connectivity index (χ2n) is 9.24. The van der Waals surface area contributed by atoms with Crippen molar-refractivity contribution < 1.29 is 14.3 Å². The number of rotatable bonds is 4. The molecular weight excluding hydrogens is 356 g/mol. The molecule has 1 aromatic heterocycles. The summed E-state index contributed by atoms with van der Waals surface area (Å²) in [5.74, 6) is -0.00176. The number of carbonyl (C=O) groups is 1. The maximum atomic E-state index is 12.5. The van der Waals surface area contributed by atoms with E-state index in [1.165, 1.54) is 6.07 Å². The van der Waals surface area contributed by atoms with Crippen molar-refractivity contribution in [3.8, 4) is 5.75 Å². The van der Waals surface area contributed by atoms with E-state index in [4.69, 9.17) is 4.42 Å². The van der Waals surface area contributed by atoms with Crippen molar-refractivity contribution in [2.24, 2.45) is 0 Å². The van der Waals surface area contributed by atoms with Crippen LogP contribution in [0.4, 0.5) is 0 Å². The normalized spacial score (nSPS) is 18.9. The van der Waals surface area contributed by atoms with E-state index in [1.807, 2.05) is 6.92 Å². The molecule has 0 saturated carbocycles. The van der Waals surface area contributed by atoms with Gasteiger partial charge in [-0.2, -0.15) is 0 Å². The molecule has 0 aliphatic carbocycles. The van der Waals surface area contributed by atoms with E-state index in [1.54, 1.807) is 12.1 Å². The number of fused-ring (bicyclic) bond motifs is 1.